The van der Waals surface area contributed by atoms with E-state index in [1.54, 1.807) is 6.07 Å². The Hall–Kier alpha value is -0.710. The molecule has 0 aliphatic heterocycles. The molecule has 84 valence electrons. The number of hydrogen-bond acceptors (Lipinski definition) is 2. The van der Waals surface area contributed by atoms with Crippen molar-refractivity contribution in [2.75, 3.05) is 0 Å². The van der Waals surface area contributed by atoms with Gasteiger partial charge in [-0.2, -0.15) is 13.2 Å². The predicted octanol–water partition coefficient (Wildman–Crippen LogP) is 3.99. The van der Waals surface area contributed by atoms with Crippen molar-refractivity contribution in [1.82, 2.24) is 4.98 Å². The number of alkyl halides is 3. The second kappa shape index (κ2) is 4.04. The van der Waals surface area contributed by atoms with E-state index in [1.165, 1.54) is 12.3 Å². The standard InChI is InChI=1S/C10H12F3NS/c1-9(2,3)7-4-5-8(14-6-7)15-10(11,12)13/h4-6H,1-3H3. The SMILES string of the molecule is CC(C)(C)c1ccc(SC(F)(F)F)nc1. The van der Waals surface area contributed by atoms with E-state index in [0.717, 1.165) is 5.56 Å². The zero-order chi connectivity index (χ0) is 11.7. The lowest BCUT2D eigenvalue weighted by Gasteiger charge is -2.18. The Kier molecular flexibility index (Phi) is 3.33. The van der Waals surface area contributed by atoms with Gasteiger partial charge in [-0.25, -0.2) is 4.98 Å². The van der Waals surface area contributed by atoms with Crippen LogP contribution in [0.4, 0.5) is 13.2 Å². The molecule has 0 bridgehead atoms. The van der Waals surface area contributed by atoms with E-state index in [0.29, 0.717) is 0 Å². The minimum Gasteiger partial charge on any atom is -0.249 e. The first kappa shape index (κ1) is 12.4. The number of hydrogen-bond donors (Lipinski definition) is 0. The first-order chi connectivity index (χ1) is 6.68. The average molecular weight is 235 g/mol. The Bertz CT molecular complexity index is 324. The van der Waals surface area contributed by atoms with E-state index in [1.807, 2.05) is 20.8 Å². The number of thioether (sulfide) groups is 1. The maximum Gasteiger partial charge on any atom is 0.447 e. The third-order valence-corrected chi connectivity index (χ3v) is 2.50. The molecule has 0 saturated carbocycles. The van der Waals surface area contributed by atoms with Gasteiger partial charge in [0.1, 0.15) is 5.03 Å². The molecule has 0 saturated heterocycles. The molecule has 0 aliphatic rings. The van der Waals surface area contributed by atoms with Crippen LogP contribution < -0.4 is 0 Å². The Balaban J connectivity index is 2.82. The van der Waals surface area contributed by atoms with Crippen LogP contribution in [-0.2, 0) is 5.41 Å². The highest BCUT2D eigenvalue weighted by Crippen LogP contribution is 2.36. The van der Waals surface area contributed by atoms with E-state index >= 15 is 0 Å². The van der Waals surface area contributed by atoms with Crippen molar-refractivity contribution in [3.8, 4) is 0 Å². The largest absolute Gasteiger partial charge is 0.447 e. The summed E-state index contributed by atoms with van der Waals surface area (Å²) in [5.74, 6) is 0. The molecule has 1 aromatic heterocycles. The van der Waals surface area contributed by atoms with Gasteiger partial charge in [-0.3, -0.25) is 0 Å². The predicted molar refractivity (Wildman–Crippen MR) is 54.8 cm³/mol. The van der Waals surface area contributed by atoms with Crippen molar-refractivity contribution in [3.63, 3.8) is 0 Å². The van der Waals surface area contributed by atoms with E-state index in [2.05, 4.69) is 4.98 Å². The fraction of sp³-hybridized carbons (Fsp3) is 0.500. The fourth-order valence-corrected chi connectivity index (χ4v) is 1.48. The van der Waals surface area contributed by atoms with Gasteiger partial charge in [-0.15, -0.1) is 0 Å². The summed E-state index contributed by atoms with van der Waals surface area (Å²) in [4.78, 5) is 3.77. The van der Waals surface area contributed by atoms with E-state index in [9.17, 15) is 13.2 Å². The molecule has 0 radical (unpaired) electrons. The smallest absolute Gasteiger partial charge is 0.249 e. The molecule has 0 N–H and O–H groups in total. The fourth-order valence-electron chi connectivity index (χ4n) is 1.00. The van der Waals surface area contributed by atoms with Crippen molar-refractivity contribution >= 4 is 11.8 Å². The first-order valence-electron chi connectivity index (χ1n) is 4.41. The summed E-state index contributed by atoms with van der Waals surface area (Å²) in [7, 11) is 0. The molecule has 1 rings (SSSR count). The molecule has 0 fully saturated rings. The van der Waals surface area contributed by atoms with Crippen LogP contribution in [-0.4, -0.2) is 10.5 Å². The van der Waals surface area contributed by atoms with Crippen LogP contribution in [0.5, 0.6) is 0 Å². The summed E-state index contributed by atoms with van der Waals surface area (Å²) in [6, 6.07) is 3.08. The molecule has 1 nitrogen and oxygen atoms in total. The first-order valence-corrected chi connectivity index (χ1v) is 5.22. The second-order valence-electron chi connectivity index (χ2n) is 4.18. The molecular formula is C10H12F3NS. The van der Waals surface area contributed by atoms with Gasteiger partial charge in [0, 0.05) is 18.0 Å². The molecular weight excluding hydrogens is 223 g/mol. The Labute approximate surface area is 91.1 Å². The van der Waals surface area contributed by atoms with Gasteiger partial charge in [0.05, 0.1) is 0 Å². The van der Waals surface area contributed by atoms with Gasteiger partial charge in [-0.1, -0.05) is 26.8 Å². The number of pyridine rings is 1. The summed E-state index contributed by atoms with van der Waals surface area (Å²) in [6.45, 7) is 5.96. The molecule has 0 atom stereocenters. The van der Waals surface area contributed by atoms with Gasteiger partial charge < -0.3 is 0 Å². The average Bonchev–Trinajstić information content (AvgIpc) is 2.00. The Morgan fingerprint density at radius 3 is 2.07 bits per heavy atom. The van der Waals surface area contributed by atoms with Crippen LogP contribution in [0.2, 0.25) is 0 Å². The summed E-state index contributed by atoms with van der Waals surface area (Å²) < 4.78 is 36.0. The maximum atomic E-state index is 12.0. The van der Waals surface area contributed by atoms with Gasteiger partial charge >= 0.3 is 5.51 Å². The monoisotopic (exact) mass is 235 g/mol. The minimum atomic E-state index is -4.27. The van der Waals surface area contributed by atoms with Gasteiger partial charge in [0.15, 0.2) is 0 Å². The molecule has 1 heterocycles. The van der Waals surface area contributed by atoms with Crippen LogP contribution in [0.3, 0.4) is 0 Å². The van der Waals surface area contributed by atoms with E-state index in [-0.39, 0.29) is 22.2 Å². The molecule has 0 unspecified atom stereocenters. The third-order valence-electron chi connectivity index (χ3n) is 1.82. The quantitative estimate of drug-likeness (QED) is 0.682. The minimum absolute atomic E-state index is 0.0181. The van der Waals surface area contributed by atoms with Crippen molar-refractivity contribution in [3.05, 3.63) is 23.9 Å². The van der Waals surface area contributed by atoms with E-state index in [4.69, 9.17) is 0 Å². The Morgan fingerprint density at radius 1 is 1.13 bits per heavy atom. The number of nitrogens with zero attached hydrogens (tertiary/aromatic N) is 1. The summed E-state index contributed by atoms with van der Waals surface area (Å²) in [5.41, 5.74) is -3.43. The van der Waals surface area contributed by atoms with Crippen LogP contribution in [0.25, 0.3) is 0 Å². The van der Waals surface area contributed by atoms with Gasteiger partial charge in [-0.05, 0) is 17.0 Å². The van der Waals surface area contributed by atoms with Crippen LogP contribution in [0.1, 0.15) is 26.3 Å². The van der Waals surface area contributed by atoms with Crippen molar-refractivity contribution in [2.24, 2.45) is 0 Å². The second-order valence-corrected chi connectivity index (χ2v) is 5.27. The number of aromatic nitrogens is 1. The van der Waals surface area contributed by atoms with Crippen LogP contribution >= 0.6 is 11.8 Å². The molecule has 15 heavy (non-hydrogen) atoms. The molecule has 1 aromatic rings. The molecule has 5 heteroatoms. The molecule has 0 aliphatic carbocycles. The van der Waals surface area contributed by atoms with Crippen LogP contribution in [0, 0.1) is 0 Å². The highest BCUT2D eigenvalue weighted by molar-refractivity contribution is 8.00. The molecule has 0 amide bonds. The van der Waals surface area contributed by atoms with Gasteiger partial charge in [0.2, 0.25) is 0 Å². The summed E-state index contributed by atoms with van der Waals surface area (Å²) in [6.07, 6.45) is 1.49. The zero-order valence-corrected chi connectivity index (χ0v) is 9.54. The van der Waals surface area contributed by atoms with E-state index < -0.39 is 5.51 Å². The lowest BCUT2D eigenvalue weighted by molar-refractivity contribution is -0.0329. The van der Waals surface area contributed by atoms with Crippen molar-refractivity contribution < 1.29 is 13.2 Å². The highest BCUT2D eigenvalue weighted by Gasteiger charge is 2.30. The highest BCUT2D eigenvalue weighted by atomic mass is 32.2. The Morgan fingerprint density at radius 2 is 1.73 bits per heavy atom. The number of rotatable bonds is 1. The van der Waals surface area contributed by atoms with Crippen molar-refractivity contribution in [1.29, 1.82) is 0 Å². The topological polar surface area (TPSA) is 12.9 Å². The summed E-state index contributed by atoms with van der Waals surface area (Å²) in [5, 5.41) is -0.0181. The third kappa shape index (κ3) is 4.11. The van der Waals surface area contributed by atoms with Gasteiger partial charge in [0.25, 0.3) is 0 Å². The number of halogens is 3. The molecule has 0 aromatic carbocycles. The van der Waals surface area contributed by atoms with Crippen molar-refractivity contribution in [2.45, 2.75) is 36.7 Å². The zero-order valence-electron chi connectivity index (χ0n) is 8.72. The lowest BCUT2D eigenvalue weighted by atomic mass is 9.88. The molecule has 0 spiro atoms. The maximum absolute atomic E-state index is 12.0. The summed E-state index contributed by atoms with van der Waals surface area (Å²) >= 11 is -0.191. The lowest BCUT2D eigenvalue weighted by Crippen LogP contribution is -2.11. The normalized spacial score (nSPS) is 12.9. The van der Waals surface area contributed by atoms with Crippen LogP contribution in [0.15, 0.2) is 23.4 Å².